The molecule has 0 spiro atoms. The highest BCUT2D eigenvalue weighted by molar-refractivity contribution is 6.31. The molecule has 1 heterocycles. The summed E-state index contributed by atoms with van der Waals surface area (Å²) in [7, 11) is 0. The van der Waals surface area contributed by atoms with E-state index in [-0.39, 0.29) is 17.0 Å². The largest absolute Gasteiger partial charge is 0.305 e. The first-order valence-corrected chi connectivity index (χ1v) is 8.62. The standard InChI is InChI=1S/C23H21F2N3/c1-4-6-10-16(5-2)21(20(15(3)26)19-13-7-8-14-28-19)23(27)22-17(24)11-9-12-18(22)25/h4-14,26-27H,1H2,2-3H3/b10-6-,16-5+,21-20+,26-15?,27-23?. The maximum Gasteiger partial charge on any atom is 0.135 e. The van der Waals surface area contributed by atoms with Gasteiger partial charge < -0.3 is 5.41 Å². The van der Waals surface area contributed by atoms with E-state index in [4.69, 9.17) is 10.8 Å². The van der Waals surface area contributed by atoms with Crippen LogP contribution >= 0.6 is 0 Å². The molecule has 0 amide bonds. The SMILES string of the molecule is C=C\C=C/C(=C\C)C(/C(=N)c1c(F)cccc1F)=C(/C(C)=N)c1ccccn1. The Labute approximate surface area is 163 Å². The number of nitrogens with one attached hydrogen (secondary N) is 2. The van der Waals surface area contributed by atoms with Gasteiger partial charge in [-0.3, -0.25) is 10.4 Å². The Morgan fingerprint density at radius 3 is 2.25 bits per heavy atom. The Morgan fingerprint density at radius 2 is 1.75 bits per heavy atom. The third kappa shape index (κ3) is 4.43. The second-order valence-corrected chi connectivity index (χ2v) is 5.90. The molecule has 0 unspecified atom stereocenters. The zero-order valence-corrected chi connectivity index (χ0v) is 15.8. The van der Waals surface area contributed by atoms with Crippen LogP contribution in [0.2, 0.25) is 0 Å². The molecule has 0 aliphatic rings. The summed E-state index contributed by atoms with van der Waals surface area (Å²) in [6, 6.07) is 8.65. The summed E-state index contributed by atoms with van der Waals surface area (Å²) in [6.45, 7) is 6.95. The molecule has 5 heteroatoms. The monoisotopic (exact) mass is 377 g/mol. The fraction of sp³-hybridized carbons (Fsp3) is 0.0870. The average Bonchev–Trinajstić information content (AvgIpc) is 2.67. The van der Waals surface area contributed by atoms with E-state index in [1.807, 2.05) is 0 Å². The molecule has 0 radical (unpaired) electrons. The maximum absolute atomic E-state index is 14.4. The zero-order chi connectivity index (χ0) is 20.7. The first-order valence-electron chi connectivity index (χ1n) is 8.62. The van der Waals surface area contributed by atoms with Gasteiger partial charge in [-0.05, 0) is 43.7 Å². The third-order valence-electron chi connectivity index (χ3n) is 4.02. The first-order chi connectivity index (χ1) is 13.4. The lowest BCUT2D eigenvalue weighted by atomic mass is 9.87. The Hall–Kier alpha value is -3.47. The van der Waals surface area contributed by atoms with Gasteiger partial charge in [0.15, 0.2) is 0 Å². The van der Waals surface area contributed by atoms with Crippen LogP contribution in [0.25, 0.3) is 5.57 Å². The first kappa shape index (κ1) is 20.8. The van der Waals surface area contributed by atoms with Crippen LogP contribution in [0.3, 0.4) is 0 Å². The molecule has 0 aliphatic heterocycles. The number of rotatable bonds is 7. The lowest BCUT2D eigenvalue weighted by Crippen LogP contribution is -2.15. The van der Waals surface area contributed by atoms with Gasteiger partial charge in [-0.1, -0.05) is 43.0 Å². The van der Waals surface area contributed by atoms with Gasteiger partial charge in [-0.15, -0.1) is 0 Å². The van der Waals surface area contributed by atoms with Crippen molar-refractivity contribution in [3.63, 3.8) is 0 Å². The van der Waals surface area contributed by atoms with Gasteiger partial charge in [-0.25, -0.2) is 8.78 Å². The number of hydrogen-bond donors (Lipinski definition) is 2. The predicted octanol–water partition coefficient (Wildman–Crippen LogP) is 5.91. The van der Waals surface area contributed by atoms with Gasteiger partial charge in [0.25, 0.3) is 0 Å². The maximum atomic E-state index is 14.4. The van der Waals surface area contributed by atoms with Crippen molar-refractivity contribution in [2.24, 2.45) is 0 Å². The number of hydrogen-bond acceptors (Lipinski definition) is 3. The Balaban J connectivity index is 2.90. The fourth-order valence-corrected chi connectivity index (χ4v) is 2.79. The molecular weight excluding hydrogens is 356 g/mol. The molecule has 0 aliphatic carbocycles. The van der Waals surface area contributed by atoms with Crippen LogP contribution in [0.15, 0.2) is 84.6 Å². The number of benzene rings is 1. The molecule has 3 nitrogen and oxygen atoms in total. The van der Waals surface area contributed by atoms with Crippen LogP contribution in [0, 0.1) is 22.5 Å². The van der Waals surface area contributed by atoms with Crippen LogP contribution < -0.4 is 0 Å². The van der Waals surface area contributed by atoms with E-state index in [9.17, 15) is 8.78 Å². The lowest BCUT2D eigenvalue weighted by Gasteiger charge is -2.18. The van der Waals surface area contributed by atoms with Crippen LogP contribution in [0.1, 0.15) is 25.1 Å². The summed E-state index contributed by atoms with van der Waals surface area (Å²) < 4.78 is 28.8. The van der Waals surface area contributed by atoms with Crippen molar-refractivity contribution in [2.45, 2.75) is 13.8 Å². The summed E-state index contributed by atoms with van der Waals surface area (Å²) in [5, 5.41) is 16.9. The quantitative estimate of drug-likeness (QED) is 0.457. The van der Waals surface area contributed by atoms with Gasteiger partial charge in [0, 0.05) is 23.1 Å². The third-order valence-corrected chi connectivity index (χ3v) is 4.02. The number of aromatic nitrogens is 1. The Kier molecular flexibility index (Phi) is 7.04. The van der Waals surface area contributed by atoms with Gasteiger partial charge >= 0.3 is 0 Å². The van der Waals surface area contributed by atoms with Crippen LogP contribution in [0.5, 0.6) is 0 Å². The summed E-state index contributed by atoms with van der Waals surface area (Å²) in [5.41, 5.74) is 0.841. The highest BCUT2D eigenvalue weighted by atomic mass is 19.1. The topological polar surface area (TPSA) is 60.6 Å². The van der Waals surface area contributed by atoms with Crippen molar-refractivity contribution >= 4 is 17.0 Å². The number of halogens is 2. The van der Waals surface area contributed by atoms with Crippen molar-refractivity contribution < 1.29 is 8.78 Å². The van der Waals surface area contributed by atoms with Crippen molar-refractivity contribution in [3.05, 3.63) is 108 Å². The minimum atomic E-state index is -0.839. The lowest BCUT2D eigenvalue weighted by molar-refractivity contribution is 0.579. The molecule has 2 N–H and O–H groups in total. The summed E-state index contributed by atoms with van der Waals surface area (Å²) in [6.07, 6.45) is 8.19. The van der Waals surface area contributed by atoms with Crippen molar-refractivity contribution in [1.29, 1.82) is 10.8 Å². The molecule has 0 saturated carbocycles. The van der Waals surface area contributed by atoms with Gasteiger partial charge in [0.2, 0.25) is 0 Å². The molecule has 0 bridgehead atoms. The average molecular weight is 377 g/mol. The summed E-state index contributed by atoms with van der Waals surface area (Å²) in [4.78, 5) is 4.28. The Bertz CT molecular complexity index is 980. The zero-order valence-electron chi connectivity index (χ0n) is 15.8. The Morgan fingerprint density at radius 1 is 1.07 bits per heavy atom. The van der Waals surface area contributed by atoms with E-state index >= 15 is 0 Å². The molecule has 28 heavy (non-hydrogen) atoms. The number of allylic oxidation sites excluding steroid dienone is 7. The molecule has 2 aromatic rings. The molecule has 2 rings (SSSR count). The summed E-state index contributed by atoms with van der Waals surface area (Å²) >= 11 is 0. The number of pyridine rings is 1. The summed E-state index contributed by atoms with van der Waals surface area (Å²) in [5.74, 6) is -1.68. The molecular formula is C23H21F2N3. The van der Waals surface area contributed by atoms with Gasteiger partial charge in [0.05, 0.1) is 17.0 Å². The van der Waals surface area contributed by atoms with E-state index in [0.717, 1.165) is 12.1 Å². The molecule has 1 aromatic carbocycles. The van der Waals surface area contributed by atoms with Crippen molar-refractivity contribution in [1.82, 2.24) is 4.98 Å². The van der Waals surface area contributed by atoms with E-state index in [1.54, 1.807) is 62.5 Å². The minimum Gasteiger partial charge on any atom is -0.305 e. The van der Waals surface area contributed by atoms with Crippen LogP contribution in [-0.2, 0) is 0 Å². The van der Waals surface area contributed by atoms with E-state index in [1.165, 1.54) is 6.07 Å². The normalized spacial score (nSPS) is 12.6. The van der Waals surface area contributed by atoms with E-state index in [0.29, 0.717) is 16.8 Å². The fourth-order valence-electron chi connectivity index (χ4n) is 2.79. The predicted molar refractivity (Wildman–Crippen MR) is 111 cm³/mol. The van der Waals surface area contributed by atoms with E-state index < -0.39 is 17.2 Å². The molecule has 0 saturated heterocycles. The number of nitrogens with zero attached hydrogens (tertiary/aromatic N) is 1. The minimum absolute atomic E-state index is 0.126. The van der Waals surface area contributed by atoms with Crippen LogP contribution in [0.4, 0.5) is 8.78 Å². The molecule has 1 aromatic heterocycles. The second-order valence-electron chi connectivity index (χ2n) is 5.90. The highest BCUT2D eigenvalue weighted by Crippen LogP contribution is 2.29. The van der Waals surface area contributed by atoms with Crippen molar-refractivity contribution in [3.8, 4) is 0 Å². The van der Waals surface area contributed by atoms with Gasteiger partial charge in [-0.2, -0.15) is 0 Å². The molecule has 142 valence electrons. The molecule has 0 fully saturated rings. The second kappa shape index (κ2) is 9.46. The van der Waals surface area contributed by atoms with Crippen molar-refractivity contribution in [2.75, 3.05) is 0 Å². The highest BCUT2D eigenvalue weighted by Gasteiger charge is 2.24. The van der Waals surface area contributed by atoms with Gasteiger partial charge in [0.1, 0.15) is 11.6 Å². The van der Waals surface area contributed by atoms with E-state index in [2.05, 4.69) is 11.6 Å². The smallest absolute Gasteiger partial charge is 0.135 e. The molecule has 0 atom stereocenters. The van der Waals surface area contributed by atoms with Crippen LogP contribution in [-0.4, -0.2) is 16.4 Å².